The standard InChI is InChI=1S/C12H22O2S2/c1-3-15-7-4-8-16-10-12(5-6-12)9-11(13)14-2/h3-10H2,1-2H3. The van der Waals surface area contributed by atoms with Gasteiger partial charge in [0.2, 0.25) is 0 Å². The van der Waals surface area contributed by atoms with E-state index < -0.39 is 0 Å². The van der Waals surface area contributed by atoms with Gasteiger partial charge in [0.15, 0.2) is 0 Å². The van der Waals surface area contributed by atoms with Crippen LogP contribution >= 0.6 is 23.5 Å². The zero-order valence-corrected chi connectivity index (χ0v) is 11.9. The molecule has 0 bridgehead atoms. The summed E-state index contributed by atoms with van der Waals surface area (Å²) in [5.41, 5.74) is 0.301. The van der Waals surface area contributed by atoms with Crippen molar-refractivity contribution in [3.05, 3.63) is 0 Å². The normalized spacial score (nSPS) is 17.1. The van der Waals surface area contributed by atoms with E-state index in [4.69, 9.17) is 4.74 Å². The molecule has 0 aromatic carbocycles. The summed E-state index contributed by atoms with van der Waals surface area (Å²) in [6, 6.07) is 0. The van der Waals surface area contributed by atoms with E-state index in [1.54, 1.807) is 0 Å². The molecule has 0 spiro atoms. The maximum atomic E-state index is 11.2. The lowest BCUT2D eigenvalue weighted by Crippen LogP contribution is -2.13. The average Bonchev–Trinajstić information content (AvgIpc) is 3.03. The highest BCUT2D eigenvalue weighted by Crippen LogP contribution is 2.51. The van der Waals surface area contributed by atoms with Crippen LogP contribution in [0.2, 0.25) is 0 Å². The van der Waals surface area contributed by atoms with Crippen LogP contribution in [0.4, 0.5) is 0 Å². The van der Waals surface area contributed by atoms with E-state index in [-0.39, 0.29) is 5.97 Å². The summed E-state index contributed by atoms with van der Waals surface area (Å²) in [5, 5.41) is 0. The van der Waals surface area contributed by atoms with Gasteiger partial charge in [-0.1, -0.05) is 6.92 Å². The minimum Gasteiger partial charge on any atom is -0.469 e. The van der Waals surface area contributed by atoms with E-state index in [1.807, 2.05) is 23.5 Å². The lowest BCUT2D eigenvalue weighted by atomic mass is 10.1. The first-order valence-corrected chi connectivity index (χ1v) is 8.26. The molecule has 1 saturated carbocycles. The van der Waals surface area contributed by atoms with Crippen molar-refractivity contribution in [2.24, 2.45) is 5.41 Å². The summed E-state index contributed by atoms with van der Waals surface area (Å²) in [5.74, 6) is 4.82. The van der Waals surface area contributed by atoms with E-state index in [0.29, 0.717) is 11.8 Å². The number of hydrogen-bond acceptors (Lipinski definition) is 4. The van der Waals surface area contributed by atoms with Crippen molar-refractivity contribution in [3.8, 4) is 0 Å². The van der Waals surface area contributed by atoms with Crippen LogP contribution in [0.25, 0.3) is 0 Å². The van der Waals surface area contributed by atoms with E-state index >= 15 is 0 Å². The Morgan fingerprint density at radius 1 is 1.31 bits per heavy atom. The minimum atomic E-state index is -0.0420. The van der Waals surface area contributed by atoms with Gasteiger partial charge in [-0.2, -0.15) is 23.5 Å². The molecule has 0 saturated heterocycles. The van der Waals surface area contributed by atoms with E-state index in [0.717, 1.165) is 5.75 Å². The molecule has 0 aromatic heterocycles. The summed E-state index contributed by atoms with van der Waals surface area (Å²) in [6.07, 6.45) is 4.33. The Labute approximate surface area is 107 Å². The molecule has 0 amide bonds. The summed E-state index contributed by atoms with van der Waals surface area (Å²) in [6.45, 7) is 2.20. The smallest absolute Gasteiger partial charge is 0.306 e. The summed E-state index contributed by atoms with van der Waals surface area (Å²) in [7, 11) is 1.48. The summed E-state index contributed by atoms with van der Waals surface area (Å²) >= 11 is 4.01. The molecule has 4 heteroatoms. The number of carbonyl (C=O) groups is 1. The Morgan fingerprint density at radius 3 is 2.56 bits per heavy atom. The Morgan fingerprint density at radius 2 is 2.00 bits per heavy atom. The van der Waals surface area contributed by atoms with E-state index in [9.17, 15) is 4.79 Å². The Kier molecular flexibility index (Phi) is 6.66. The van der Waals surface area contributed by atoms with Gasteiger partial charge in [0.1, 0.15) is 0 Å². The first kappa shape index (κ1) is 14.2. The third kappa shape index (κ3) is 5.48. The lowest BCUT2D eigenvalue weighted by molar-refractivity contribution is -0.141. The highest BCUT2D eigenvalue weighted by Gasteiger charge is 2.44. The third-order valence-corrected chi connectivity index (χ3v) is 5.27. The largest absolute Gasteiger partial charge is 0.469 e. The second-order valence-electron chi connectivity index (χ2n) is 4.36. The van der Waals surface area contributed by atoms with Gasteiger partial charge in [-0.05, 0) is 47.7 Å². The molecule has 1 aliphatic rings. The molecule has 1 rings (SSSR count). The number of thioether (sulfide) groups is 2. The maximum absolute atomic E-state index is 11.2. The Hall–Kier alpha value is 0.170. The molecule has 0 heterocycles. The van der Waals surface area contributed by atoms with Crippen molar-refractivity contribution in [2.75, 3.05) is 30.1 Å². The van der Waals surface area contributed by atoms with Gasteiger partial charge in [0.25, 0.3) is 0 Å². The molecule has 16 heavy (non-hydrogen) atoms. The van der Waals surface area contributed by atoms with Crippen molar-refractivity contribution < 1.29 is 9.53 Å². The predicted octanol–water partition coefficient (Wildman–Crippen LogP) is 3.21. The number of ether oxygens (including phenoxy) is 1. The fourth-order valence-corrected chi connectivity index (χ4v) is 3.76. The molecule has 0 atom stereocenters. The van der Waals surface area contributed by atoms with Crippen LogP contribution in [0, 0.1) is 5.41 Å². The molecule has 2 nitrogen and oxygen atoms in total. The van der Waals surface area contributed by atoms with Crippen molar-refractivity contribution in [3.63, 3.8) is 0 Å². The SMILES string of the molecule is CCSCCCSCC1(CC(=O)OC)CC1. The fraction of sp³-hybridized carbons (Fsp3) is 0.917. The van der Waals surface area contributed by atoms with Gasteiger partial charge in [0, 0.05) is 0 Å². The van der Waals surface area contributed by atoms with Gasteiger partial charge in [-0.25, -0.2) is 0 Å². The Balaban J connectivity index is 2.01. The van der Waals surface area contributed by atoms with Crippen LogP contribution in [-0.4, -0.2) is 36.1 Å². The van der Waals surface area contributed by atoms with Crippen LogP contribution in [0.15, 0.2) is 0 Å². The predicted molar refractivity (Wildman–Crippen MR) is 73.2 cm³/mol. The quantitative estimate of drug-likeness (QED) is 0.471. The fourth-order valence-electron chi connectivity index (χ4n) is 1.62. The van der Waals surface area contributed by atoms with Crippen molar-refractivity contribution in [2.45, 2.75) is 32.6 Å². The zero-order valence-electron chi connectivity index (χ0n) is 10.3. The second kappa shape index (κ2) is 7.49. The maximum Gasteiger partial charge on any atom is 0.306 e. The van der Waals surface area contributed by atoms with Gasteiger partial charge < -0.3 is 4.74 Å². The van der Waals surface area contributed by atoms with Crippen LogP contribution in [0.1, 0.15) is 32.6 Å². The first-order chi connectivity index (χ1) is 7.72. The minimum absolute atomic E-state index is 0.0420. The lowest BCUT2D eigenvalue weighted by Gasteiger charge is -2.12. The molecule has 0 unspecified atom stereocenters. The highest BCUT2D eigenvalue weighted by atomic mass is 32.2. The number of methoxy groups -OCH3 is 1. The van der Waals surface area contributed by atoms with Gasteiger partial charge in [-0.15, -0.1) is 0 Å². The third-order valence-electron chi connectivity index (χ3n) is 2.89. The molecule has 1 fully saturated rings. The molecule has 0 aromatic rings. The van der Waals surface area contributed by atoms with Crippen LogP contribution in [-0.2, 0) is 9.53 Å². The summed E-state index contributed by atoms with van der Waals surface area (Å²) in [4.78, 5) is 11.2. The van der Waals surface area contributed by atoms with Crippen LogP contribution in [0.5, 0.6) is 0 Å². The summed E-state index contributed by atoms with van der Waals surface area (Å²) < 4.78 is 4.73. The van der Waals surface area contributed by atoms with Gasteiger partial charge in [0.05, 0.1) is 13.5 Å². The van der Waals surface area contributed by atoms with Crippen molar-refractivity contribution in [1.82, 2.24) is 0 Å². The topological polar surface area (TPSA) is 26.3 Å². The average molecular weight is 262 g/mol. The number of carbonyl (C=O) groups excluding carboxylic acids is 1. The molecular formula is C12H22O2S2. The molecular weight excluding hydrogens is 240 g/mol. The highest BCUT2D eigenvalue weighted by molar-refractivity contribution is 8.00. The molecule has 94 valence electrons. The molecule has 0 N–H and O–H groups in total. The van der Waals surface area contributed by atoms with Gasteiger partial charge >= 0.3 is 5.97 Å². The van der Waals surface area contributed by atoms with Crippen LogP contribution < -0.4 is 0 Å². The molecule has 0 radical (unpaired) electrons. The van der Waals surface area contributed by atoms with Crippen molar-refractivity contribution in [1.29, 1.82) is 0 Å². The van der Waals surface area contributed by atoms with Crippen molar-refractivity contribution >= 4 is 29.5 Å². The van der Waals surface area contributed by atoms with Crippen LogP contribution in [0.3, 0.4) is 0 Å². The Bertz CT molecular complexity index is 215. The monoisotopic (exact) mass is 262 g/mol. The van der Waals surface area contributed by atoms with Gasteiger partial charge in [-0.3, -0.25) is 4.79 Å². The van der Waals surface area contributed by atoms with E-state index in [1.165, 1.54) is 43.6 Å². The first-order valence-electron chi connectivity index (χ1n) is 5.95. The number of esters is 1. The molecule has 0 aliphatic heterocycles. The number of rotatable bonds is 9. The van der Waals surface area contributed by atoms with E-state index in [2.05, 4.69) is 6.92 Å². The molecule has 1 aliphatic carbocycles. The number of hydrogen-bond donors (Lipinski definition) is 0. The zero-order chi connectivity index (χ0) is 11.9. The second-order valence-corrected chi connectivity index (χ2v) is 6.85.